The maximum absolute atomic E-state index is 11.6. The van der Waals surface area contributed by atoms with Crippen LogP contribution in [0.25, 0.3) is 0 Å². The van der Waals surface area contributed by atoms with E-state index in [0.29, 0.717) is 17.7 Å². The van der Waals surface area contributed by atoms with Crippen LogP contribution in [0.3, 0.4) is 0 Å². The van der Waals surface area contributed by atoms with Crippen LogP contribution in [-0.2, 0) is 11.3 Å². The molecule has 0 spiro atoms. The molecule has 5 nitrogen and oxygen atoms in total. The molecule has 1 N–H and O–H groups in total. The molecule has 0 atom stereocenters. The number of hydrogen-bond donors (Lipinski definition) is 1. The summed E-state index contributed by atoms with van der Waals surface area (Å²) in [6, 6.07) is 19.4. The largest absolute Gasteiger partial charge is 0.465 e. The average molecular weight is 359 g/mol. The van der Waals surface area contributed by atoms with Gasteiger partial charge in [-0.15, -0.1) is 0 Å². The van der Waals surface area contributed by atoms with E-state index < -0.39 is 0 Å². The standard InChI is InChI=1S/C22H21N3O2/c1-15-16(2)25(14-17-7-5-4-6-8-17)21(20(15)13-23)24-19-11-9-18(10-12-19)22(26)27-3/h4-12,24H,14H2,1-3H3. The summed E-state index contributed by atoms with van der Waals surface area (Å²) in [6.07, 6.45) is 0. The number of methoxy groups -OCH3 is 1. The van der Waals surface area contributed by atoms with Crippen molar-refractivity contribution in [3.8, 4) is 6.07 Å². The Hall–Kier alpha value is -3.52. The molecule has 27 heavy (non-hydrogen) atoms. The lowest BCUT2D eigenvalue weighted by molar-refractivity contribution is 0.0601. The summed E-state index contributed by atoms with van der Waals surface area (Å²) in [4.78, 5) is 11.6. The molecule has 0 bridgehead atoms. The Labute approximate surface area is 158 Å². The van der Waals surface area contributed by atoms with Gasteiger partial charge < -0.3 is 14.6 Å². The van der Waals surface area contributed by atoms with E-state index in [4.69, 9.17) is 4.74 Å². The van der Waals surface area contributed by atoms with Crippen LogP contribution in [0.2, 0.25) is 0 Å². The van der Waals surface area contributed by atoms with Crippen LogP contribution in [0.1, 0.15) is 32.7 Å². The second-order valence-corrected chi connectivity index (χ2v) is 6.31. The quantitative estimate of drug-likeness (QED) is 0.679. The van der Waals surface area contributed by atoms with Gasteiger partial charge in [-0.05, 0) is 49.2 Å². The van der Waals surface area contributed by atoms with Crippen molar-refractivity contribution in [1.29, 1.82) is 5.26 Å². The number of anilines is 2. The van der Waals surface area contributed by atoms with Crippen molar-refractivity contribution in [2.45, 2.75) is 20.4 Å². The minimum atomic E-state index is -0.376. The number of nitrogens with zero attached hydrogens (tertiary/aromatic N) is 2. The number of esters is 1. The van der Waals surface area contributed by atoms with Gasteiger partial charge in [0.2, 0.25) is 0 Å². The number of ether oxygens (including phenoxy) is 1. The van der Waals surface area contributed by atoms with Crippen molar-refractivity contribution in [3.05, 3.63) is 82.5 Å². The van der Waals surface area contributed by atoms with Crippen molar-refractivity contribution in [2.75, 3.05) is 12.4 Å². The molecule has 0 radical (unpaired) electrons. The molecule has 0 unspecified atom stereocenters. The van der Waals surface area contributed by atoms with Crippen molar-refractivity contribution in [2.24, 2.45) is 0 Å². The number of hydrogen-bond acceptors (Lipinski definition) is 4. The van der Waals surface area contributed by atoms with Crippen LogP contribution in [0.5, 0.6) is 0 Å². The van der Waals surface area contributed by atoms with Crippen molar-refractivity contribution in [3.63, 3.8) is 0 Å². The summed E-state index contributed by atoms with van der Waals surface area (Å²) in [5, 5.41) is 13.0. The molecule has 0 saturated heterocycles. The summed E-state index contributed by atoms with van der Waals surface area (Å²) in [5.41, 5.74) is 5.07. The second-order valence-electron chi connectivity index (χ2n) is 6.31. The van der Waals surface area contributed by atoms with Crippen LogP contribution in [0.4, 0.5) is 11.5 Å². The highest BCUT2D eigenvalue weighted by Gasteiger charge is 2.18. The van der Waals surface area contributed by atoms with Gasteiger partial charge in [-0.2, -0.15) is 5.26 Å². The number of rotatable bonds is 5. The van der Waals surface area contributed by atoms with E-state index in [2.05, 4.69) is 28.1 Å². The lowest BCUT2D eigenvalue weighted by Crippen LogP contribution is -2.07. The van der Waals surface area contributed by atoms with Gasteiger partial charge in [0, 0.05) is 17.9 Å². The summed E-state index contributed by atoms with van der Waals surface area (Å²) in [7, 11) is 1.36. The Bertz CT molecular complexity index is 997. The monoisotopic (exact) mass is 359 g/mol. The van der Waals surface area contributed by atoms with Crippen molar-refractivity contribution < 1.29 is 9.53 Å². The summed E-state index contributed by atoms with van der Waals surface area (Å²) in [6.45, 7) is 4.64. The molecule has 136 valence electrons. The third-order valence-corrected chi connectivity index (χ3v) is 4.69. The Morgan fingerprint density at radius 3 is 2.37 bits per heavy atom. The molecule has 0 aliphatic rings. The lowest BCUT2D eigenvalue weighted by Gasteiger charge is -2.14. The SMILES string of the molecule is COC(=O)c1ccc(Nc2c(C#N)c(C)c(C)n2Cc2ccccc2)cc1. The third kappa shape index (κ3) is 3.70. The molecule has 1 aromatic heterocycles. The Kier molecular flexibility index (Phi) is 5.28. The molecule has 0 aliphatic heterocycles. The van der Waals surface area contributed by atoms with Crippen LogP contribution in [-0.4, -0.2) is 17.6 Å². The number of carbonyl (C=O) groups excluding carboxylic acids is 1. The molecule has 0 fully saturated rings. The summed E-state index contributed by atoms with van der Waals surface area (Å²) in [5.74, 6) is 0.376. The van der Waals surface area contributed by atoms with Crippen LogP contribution >= 0.6 is 0 Å². The molecule has 5 heteroatoms. The van der Waals surface area contributed by atoms with Crippen molar-refractivity contribution >= 4 is 17.5 Å². The Morgan fingerprint density at radius 1 is 1.11 bits per heavy atom. The van der Waals surface area contributed by atoms with Gasteiger partial charge in [0.05, 0.1) is 18.2 Å². The van der Waals surface area contributed by atoms with E-state index in [1.807, 2.05) is 32.0 Å². The number of carbonyl (C=O) groups is 1. The van der Waals surface area contributed by atoms with Crippen LogP contribution in [0.15, 0.2) is 54.6 Å². The Balaban J connectivity index is 1.97. The molecular weight excluding hydrogens is 338 g/mol. The van der Waals surface area contributed by atoms with Gasteiger partial charge in [-0.3, -0.25) is 0 Å². The highest BCUT2D eigenvalue weighted by Crippen LogP contribution is 2.30. The Morgan fingerprint density at radius 2 is 1.78 bits per heavy atom. The number of nitriles is 1. The van der Waals surface area contributed by atoms with Crippen LogP contribution in [0, 0.1) is 25.2 Å². The van der Waals surface area contributed by atoms with Gasteiger partial charge >= 0.3 is 5.97 Å². The molecule has 1 heterocycles. The molecule has 0 amide bonds. The third-order valence-electron chi connectivity index (χ3n) is 4.69. The maximum Gasteiger partial charge on any atom is 0.337 e. The fourth-order valence-electron chi connectivity index (χ4n) is 3.04. The van der Waals surface area contributed by atoms with E-state index in [9.17, 15) is 10.1 Å². The van der Waals surface area contributed by atoms with Gasteiger partial charge in [0.15, 0.2) is 0 Å². The molecular formula is C22H21N3O2. The van der Waals surface area contributed by atoms with Gasteiger partial charge in [0.25, 0.3) is 0 Å². The number of benzene rings is 2. The molecule has 3 aromatic rings. The average Bonchev–Trinajstić information content (AvgIpc) is 2.92. The first-order valence-corrected chi connectivity index (χ1v) is 8.64. The number of nitrogens with one attached hydrogen (secondary N) is 1. The lowest BCUT2D eigenvalue weighted by atomic mass is 10.1. The van der Waals surface area contributed by atoms with E-state index in [1.165, 1.54) is 7.11 Å². The molecule has 0 aliphatic carbocycles. The van der Waals surface area contributed by atoms with Crippen LogP contribution < -0.4 is 5.32 Å². The highest BCUT2D eigenvalue weighted by molar-refractivity contribution is 5.89. The minimum absolute atomic E-state index is 0.376. The van der Waals surface area contributed by atoms with Gasteiger partial charge in [-0.25, -0.2) is 4.79 Å². The predicted molar refractivity (Wildman–Crippen MR) is 105 cm³/mol. The van der Waals surface area contributed by atoms with E-state index in [0.717, 1.165) is 28.3 Å². The first-order chi connectivity index (χ1) is 13.0. The summed E-state index contributed by atoms with van der Waals surface area (Å²) >= 11 is 0. The zero-order chi connectivity index (χ0) is 19.4. The van der Waals surface area contributed by atoms with E-state index in [1.54, 1.807) is 24.3 Å². The normalized spacial score (nSPS) is 10.3. The first kappa shape index (κ1) is 18.3. The van der Waals surface area contributed by atoms with E-state index in [-0.39, 0.29) is 5.97 Å². The molecule has 0 saturated carbocycles. The van der Waals surface area contributed by atoms with Gasteiger partial charge in [0.1, 0.15) is 11.9 Å². The number of aromatic nitrogens is 1. The molecule has 3 rings (SSSR count). The fraction of sp³-hybridized carbons (Fsp3) is 0.182. The predicted octanol–water partition coefficient (Wildman–Crippen LogP) is 4.56. The second kappa shape index (κ2) is 7.79. The zero-order valence-electron chi connectivity index (χ0n) is 15.6. The van der Waals surface area contributed by atoms with Crippen molar-refractivity contribution in [1.82, 2.24) is 4.57 Å². The maximum atomic E-state index is 11.6. The fourth-order valence-corrected chi connectivity index (χ4v) is 3.04. The molecule has 2 aromatic carbocycles. The zero-order valence-corrected chi connectivity index (χ0v) is 15.6. The summed E-state index contributed by atoms with van der Waals surface area (Å²) < 4.78 is 6.84. The smallest absolute Gasteiger partial charge is 0.337 e. The highest BCUT2D eigenvalue weighted by atomic mass is 16.5. The van der Waals surface area contributed by atoms with E-state index >= 15 is 0 Å². The topological polar surface area (TPSA) is 67.0 Å². The first-order valence-electron chi connectivity index (χ1n) is 8.64. The minimum Gasteiger partial charge on any atom is -0.465 e. The van der Waals surface area contributed by atoms with Gasteiger partial charge in [-0.1, -0.05) is 30.3 Å².